The van der Waals surface area contributed by atoms with Gasteiger partial charge in [-0.05, 0) is 37.6 Å². The molecule has 104 valence electrons. The summed E-state index contributed by atoms with van der Waals surface area (Å²) in [5, 5.41) is 0. The van der Waals surface area contributed by atoms with E-state index in [9.17, 15) is 9.59 Å². The molecule has 1 aromatic heterocycles. The Morgan fingerprint density at radius 2 is 1.95 bits per heavy atom. The summed E-state index contributed by atoms with van der Waals surface area (Å²) in [6.45, 7) is 3.59. The molecule has 0 aliphatic heterocycles. The molecule has 1 heterocycles. The Labute approximate surface area is 124 Å². The number of hydrogen-bond donors (Lipinski definition) is 0. The number of esters is 1. The van der Waals surface area contributed by atoms with Crippen LogP contribution < -0.4 is 5.63 Å². The van der Waals surface area contributed by atoms with E-state index in [-0.39, 0.29) is 12.2 Å². The molecule has 0 N–H and O–H groups in total. The number of carbonyl (C=O) groups excluding carboxylic acids is 1. The zero-order valence-electron chi connectivity index (χ0n) is 11.1. The van der Waals surface area contributed by atoms with E-state index >= 15 is 0 Å². The molecule has 0 unspecified atom stereocenters. The molecule has 0 spiro atoms. The van der Waals surface area contributed by atoms with Crippen molar-refractivity contribution >= 4 is 21.9 Å². The average Bonchev–Trinajstić information content (AvgIpc) is 2.39. The smallest absolute Gasteiger partial charge is 0.351 e. The Hall–Kier alpha value is -1.88. The van der Waals surface area contributed by atoms with Gasteiger partial charge in [0.2, 0.25) is 0 Å². The molecule has 0 radical (unpaired) electrons. The van der Waals surface area contributed by atoms with Gasteiger partial charge in [0.1, 0.15) is 11.3 Å². The predicted octanol–water partition coefficient (Wildman–Crippen LogP) is 3.55. The zero-order chi connectivity index (χ0) is 14.7. The highest BCUT2D eigenvalue weighted by molar-refractivity contribution is 9.10. The molecule has 2 rings (SSSR count). The maximum atomic E-state index is 11.9. The Morgan fingerprint density at radius 1 is 1.30 bits per heavy atom. The lowest BCUT2D eigenvalue weighted by atomic mass is 10.1. The Balaban J connectivity index is 2.47. The van der Waals surface area contributed by atoms with Crippen LogP contribution in [-0.4, -0.2) is 12.6 Å². The molecule has 5 heteroatoms. The highest BCUT2D eigenvalue weighted by Crippen LogP contribution is 2.22. The largest absolute Gasteiger partial charge is 0.462 e. The second-order valence-corrected chi connectivity index (χ2v) is 5.10. The molecule has 0 saturated carbocycles. The van der Waals surface area contributed by atoms with Crippen molar-refractivity contribution in [1.29, 1.82) is 0 Å². The Bertz CT molecular complexity index is 686. The third kappa shape index (κ3) is 2.99. The summed E-state index contributed by atoms with van der Waals surface area (Å²) < 4.78 is 11.0. The van der Waals surface area contributed by atoms with Crippen molar-refractivity contribution in [2.45, 2.75) is 13.8 Å². The lowest BCUT2D eigenvalue weighted by molar-refractivity contribution is 0.0520. The number of rotatable bonds is 3. The average molecular weight is 337 g/mol. The van der Waals surface area contributed by atoms with E-state index in [1.165, 1.54) is 0 Å². The van der Waals surface area contributed by atoms with Crippen LogP contribution in [0.25, 0.3) is 11.3 Å². The minimum atomic E-state index is -0.679. The molecular formula is C15H13BrO4. The van der Waals surface area contributed by atoms with Gasteiger partial charge in [0.05, 0.1) is 6.61 Å². The fraction of sp³-hybridized carbons (Fsp3) is 0.200. The molecule has 0 atom stereocenters. The van der Waals surface area contributed by atoms with Crippen molar-refractivity contribution in [3.8, 4) is 11.3 Å². The summed E-state index contributed by atoms with van der Waals surface area (Å²) in [6.07, 6.45) is 0. The first-order chi connectivity index (χ1) is 9.52. The van der Waals surface area contributed by atoms with Crippen molar-refractivity contribution in [2.75, 3.05) is 6.61 Å². The molecule has 20 heavy (non-hydrogen) atoms. The van der Waals surface area contributed by atoms with E-state index < -0.39 is 11.6 Å². The number of aryl methyl sites for hydroxylation is 1. The van der Waals surface area contributed by atoms with Gasteiger partial charge >= 0.3 is 11.6 Å². The molecule has 1 aromatic carbocycles. The van der Waals surface area contributed by atoms with Gasteiger partial charge in [-0.3, -0.25) is 0 Å². The highest BCUT2D eigenvalue weighted by atomic mass is 79.9. The molecular weight excluding hydrogens is 324 g/mol. The van der Waals surface area contributed by atoms with E-state index in [0.29, 0.717) is 11.3 Å². The fourth-order valence-electron chi connectivity index (χ4n) is 1.81. The topological polar surface area (TPSA) is 56.5 Å². The maximum Gasteiger partial charge on any atom is 0.351 e. The molecule has 0 bridgehead atoms. The van der Waals surface area contributed by atoms with Crippen LogP contribution in [0.3, 0.4) is 0 Å². The molecule has 0 saturated heterocycles. The Morgan fingerprint density at radius 3 is 2.50 bits per heavy atom. The first-order valence-corrected chi connectivity index (χ1v) is 6.90. The lowest BCUT2D eigenvalue weighted by Crippen LogP contribution is -2.18. The van der Waals surface area contributed by atoms with Crippen LogP contribution >= 0.6 is 15.9 Å². The van der Waals surface area contributed by atoms with E-state index in [1.54, 1.807) is 19.9 Å². The second kappa shape index (κ2) is 6.05. The third-order valence-electron chi connectivity index (χ3n) is 2.76. The van der Waals surface area contributed by atoms with Gasteiger partial charge in [-0.1, -0.05) is 28.1 Å². The zero-order valence-corrected chi connectivity index (χ0v) is 12.7. The summed E-state index contributed by atoms with van der Waals surface area (Å²) in [7, 11) is 0. The van der Waals surface area contributed by atoms with Gasteiger partial charge in [-0.15, -0.1) is 0 Å². The summed E-state index contributed by atoms with van der Waals surface area (Å²) in [5.74, 6) is -0.228. The maximum absolute atomic E-state index is 11.9. The summed E-state index contributed by atoms with van der Waals surface area (Å²) in [6, 6.07) is 9.02. The summed E-state index contributed by atoms with van der Waals surface area (Å²) in [5.41, 5.74) is 0.579. The SMILES string of the molecule is CCOC(=O)c1c(C)cc(-c2ccc(Br)cc2)oc1=O. The van der Waals surface area contributed by atoms with E-state index in [2.05, 4.69) is 15.9 Å². The predicted molar refractivity (Wildman–Crippen MR) is 78.8 cm³/mol. The summed E-state index contributed by atoms with van der Waals surface area (Å²) >= 11 is 3.34. The van der Waals surface area contributed by atoms with Crippen molar-refractivity contribution in [3.05, 3.63) is 56.4 Å². The first-order valence-electron chi connectivity index (χ1n) is 6.10. The van der Waals surface area contributed by atoms with Crippen LogP contribution in [0.2, 0.25) is 0 Å². The second-order valence-electron chi connectivity index (χ2n) is 4.18. The minimum Gasteiger partial charge on any atom is -0.462 e. The standard InChI is InChI=1S/C15H13BrO4/c1-3-19-14(17)13-9(2)8-12(20-15(13)18)10-4-6-11(16)7-5-10/h4-8H,3H2,1-2H3. The van der Waals surface area contributed by atoms with Crippen LogP contribution in [0, 0.1) is 6.92 Å². The van der Waals surface area contributed by atoms with Crippen molar-refractivity contribution < 1.29 is 13.9 Å². The van der Waals surface area contributed by atoms with Crippen molar-refractivity contribution in [2.24, 2.45) is 0 Å². The van der Waals surface area contributed by atoms with Crippen LogP contribution in [0.4, 0.5) is 0 Å². The normalized spacial score (nSPS) is 10.3. The van der Waals surface area contributed by atoms with E-state index in [1.807, 2.05) is 24.3 Å². The van der Waals surface area contributed by atoms with Gasteiger partial charge in [0.25, 0.3) is 0 Å². The van der Waals surface area contributed by atoms with Crippen molar-refractivity contribution in [3.63, 3.8) is 0 Å². The molecule has 4 nitrogen and oxygen atoms in total. The van der Waals surface area contributed by atoms with Gasteiger partial charge in [-0.25, -0.2) is 9.59 Å². The number of hydrogen-bond acceptors (Lipinski definition) is 4. The molecule has 0 fully saturated rings. The number of benzene rings is 1. The lowest BCUT2D eigenvalue weighted by Gasteiger charge is -2.06. The number of ether oxygens (including phenoxy) is 1. The van der Waals surface area contributed by atoms with Crippen LogP contribution in [0.15, 0.2) is 44.0 Å². The molecule has 0 aliphatic carbocycles. The quantitative estimate of drug-likeness (QED) is 0.804. The molecule has 0 aliphatic rings. The van der Waals surface area contributed by atoms with Gasteiger partial charge in [0, 0.05) is 10.0 Å². The third-order valence-corrected chi connectivity index (χ3v) is 3.29. The van der Waals surface area contributed by atoms with Crippen LogP contribution in [0.1, 0.15) is 22.8 Å². The fourth-order valence-corrected chi connectivity index (χ4v) is 2.08. The van der Waals surface area contributed by atoms with E-state index in [0.717, 1.165) is 10.0 Å². The van der Waals surface area contributed by atoms with Gasteiger partial charge in [-0.2, -0.15) is 0 Å². The van der Waals surface area contributed by atoms with Gasteiger partial charge < -0.3 is 9.15 Å². The van der Waals surface area contributed by atoms with Crippen LogP contribution in [-0.2, 0) is 4.74 Å². The first kappa shape index (κ1) is 14.5. The molecule has 0 amide bonds. The van der Waals surface area contributed by atoms with E-state index in [4.69, 9.17) is 9.15 Å². The minimum absolute atomic E-state index is 0.0484. The Kier molecular flexibility index (Phi) is 4.39. The number of carbonyl (C=O) groups is 1. The van der Waals surface area contributed by atoms with Gasteiger partial charge in [0.15, 0.2) is 0 Å². The number of halogens is 1. The van der Waals surface area contributed by atoms with Crippen molar-refractivity contribution in [1.82, 2.24) is 0 Å². The molecule has 2 aromatic rings. The summed E-state index contributed by atoms with van der Waals surface area (Å²) in [4.78, 5) is 23.6. The monoisotopic (exact) mass is 336 g/mol. The van der Waals surface area contributed by atoms with Crippen LogP contribution in [0.5, 0.6) is 0 Å². The highest BCUT2D eigenvalue weighted by Gasteiger charge is 2.18.